The van der Waals surface area contributed by atoms with E-state index in [2.05, 4.69) is 6.92 Å². The van der Waals surface area contributed by atoms with Gasteiger partial charge in [-0.15, -0.1) is 0 Å². The number of hydrogen-bond donors (Lipinski definition) is 1. The van der Waals surface area contributed by atoms with E-state index in [0.717, 1.165) is 53.7 Å². The molecule has 1 atom stereocenters. The molecule has 22 heavy (non-hydrogen) atoms. The third-order valence-electron chi connectivity index (χ3n) is 4.67. The lowest BCUT2D eigenvalue weighted by atomic mass is 9.85. The first-order valence-electron chi connectivity index (χ1n) is 7.90. The molecule has 0 aliphatic carbocycles. The summed E-state index contributed by atoms with van der Waals surface area (Å²) in [7, 11) is 0. The van der Waals surface area contributed by atoms with Crippen LogP contribution in [0.5, 0.6) is 11.5 Å². The van der Waals surface area contributed by atoms with Gasteiger partial charge in [-0.05, 0) is 70.1 Å². The Morgan fingerprint density at radius 3 is 2.55 bits per heavy atom. The number of carbonyl (C=O) groups is 1. The maximum atomic E-state index is 11.3. The second-order valence-electron chi connectivity index (χ2n) is 6.48. The van der Waals surface area contributed by atoms with Gasteiger partial charge < -0.3 is 14.6 Å². The van der Waals surface area contributed by atoms with E-state index in [9.17, 15) is 4.79 Å². The van der Waals surface area contributed by atoms with E-state index in [4.69, 9.17) is 14.6 Å². The maximum Gasteiger partial charge on any atom is 0.308 e. The number of benzene rings is 1. The van der Waals surface area contributed by atoms with Gasteiger partial charge in [0.15, 0.2) is 0 Å². The fourth-order valence-corrected chi connectivity index (χ4v) is 3.21. The number of esters is 1. The van der Waals surface area contributed by atoms with Crippen LogP contribution in [-0.4, -0.2) is 23.3 Å². The molecule has 0 aromatic heterocycles. The van der Waals surface area contributed by atoms with E-state index in [1.165, 1.54) is 6.92 Å². The van der Waals surface area contributed by atoms with Gasteiger partial charge in [-0.3, -0.25) is 4.79 Å². The molecular weight excluding hydrogens is 280 g/mol. The predicted molar refractivity (Wildman–Crippen MR) is 85.6 cm³/mol. The number of hydrogen-bond acceptors (Lipinski definition) is 4. The second kappa shape index (κ2) is 6.29. The molecule has 4 heteroatoms. The monoisotopic (exact) mass is 306 g/mol. The van der Waals surface area contributed by atoms with Crippen molar-refractivity contribution in [3.05, 3.63) is 22.3 Å². The van der Waals surface area contributed by atoms with Crippen LogP contribution < -0.4 is 9.47 Å². The van der Waals surface area contributed by atoms with Crippen molar-refractivity contribution < 1.29 is 19.4 Å². The summed E-state index contributed by atoms with van der Waals surface area (Å²) < 4.78 is 11.7. The minimum atomic E-state index is -0.296. The summed E-state index contributed by atoms with van der Waals surface area (Å²) in [6.07, 6.45) is 3.39. The molecule has 1 N–H and O–H groups in total. The highest BCUT2D eigenvalue weighted by atomic mass is 16.5. The topological polar surface area (TPSA) is 55.8 Å². The van der Waals surface area contributed by atoms with E-state index in [1.54, 1.807) is 0 Å². The predicted octanol–water partition coefficient (Wildman–Crippen LogP) is 3.39. The van der Waals surface area contributed by atoms with Gasteiger partial charge in [0, 0.05) is 19.1 Å². The zero-order valence-corrected chi connectivity index (χ0v) is 14.2. The molecule has 0 saturated carbocycles. The Bertz CT molecular complexity index is 591. The lowest BCUT2D eigenvalue weighted by Crippen LogP contribution is -2.37. The molecule has 4 nitrogen and oxygen atoms in total. The third kappa shape index (κ3) is 3.12. The molecule has 1 heterocycles. The fraction of sp³-hybridized carbons (Fsp3) is 0.611. The molecule has 1 aromatic rings. The molecule has 0 amide bonds. The van der Waals surface area contributed by atoms with Gasteiger partial charge in [-0.25, -0.2) is 0 Å². The van der Waals surface area contributed by atoms with E-state index in [0.29, 0.717) is 5.75 Å². The lowest BCUT2D eigenvalue weighted by Gasteiger charge is -2.38. The first-order valence-corrected chi connectivity index (χ1v) is 7.90. The molecule has 2 rings (SSSR count). The van der Waals surface area contributed by atoms with Gasteiger partial charge in [0.2, 0.25) is 0 Å². The van der Waals surface area contributed by atoms with Crippen molar-refractivity contribution in [1.29, 1.82) is 0 Å². The Morgan fingerprint density at radius 1 is 1.27 bits per heavy atom. The molecule has 1 aromatic carbocycles. The minimum Gasteiger partial charge on any atom is -0.487 e. The molecule has 0 spiro atoms. The molecule has 1 unspecified atom stereocenters. The van der Waals surface area contributed by atoms with Crippen LogP contribution in [0.25, 0.3) is 0 Å². The normalized spacial score (nSPS) is 20.3. The van der Waals surface area contributed by atoms with E-state index >= 15 is 0 Å². The largest absolute Gasteiger partial charge is 0.487 e. The summed E-state index contributed by atoms with van der Waals surface area (Å²) in [5.74, 6) is 1.30. The summed E-state index contributed by atoms with van der Waals surface area (Å²) in [6, 6.07) is 0. The van der Waals surface area contributed by atoms with Crippen LogP contribution in [-0.2, 0) is 11.2 Å². The van der Waals surface area contributed by atoms with Crippen LogP contribution in [0.15, 0.2) is 0 Å². The maximum absolute atomic E-state index is 11.3. The highest BCUT2D eigenvalue weighted by Crippen LogP contribution is 2.44. The lowest BCUT2D eigenvalue weighted by molar-refractivity contribution is -0.132. The number of fused-ring (bicyclic) bond motifs is 1. The Hall–Kier alpha value is -1.55. The van der Waals surface area contributed by atoms with Crippen LogP contribution in [0.1, 0.15) is 55.4 Å². The third-order valence-corrected chi connectivity index (χ3v) is 4.67. The van der Waals surface area contributed by atoms with Crippen LogP contribution >= 0.6 is 0 Å². The second-order valence-corrected chi connectivity index (χ2v) is 6.48. The molecule has 0 saturated heterocycles. The molecule has 122 valence electrons. The Kier molecular flexibility index (Phi) is 4.81. The van der Waals surface area contributed by atoms with Crippen LogP contribution in [0, 0.1) is 20.8 Å². The molecule has 0 fully saturated rings. The molecular formula is C18H26O4. The Labute approximate surface area is 132 Å². The van der Waals surface area contributed by atoms with Gasteiger partial charge in [-0.2, -0.15) is 0 Å². The number of rotatable bonds is 4. The summed E-state index contributed by atoms with van der Waals surface area (Å²) >= 11 is 0. The molecule has 1 aliphatic heterocycles. The van der Waals surface area contributed by atoms with Gasteiger partial charge in [0.1, 0.15) is 17.1 Å². The van der Waals surface area contributed by atoms with E-state index in [-0.39, 0.29) is 18.2 Å². The smallest absolute Gasteiger partial charge is 0.308 e. The summed E-state index contributed by atoms with van der Waals surface area (Å²) in [4.78, 5) is 11.3. The number of aliphatic hydroxyl groups is 1. The average Bonchev–Trinajstić information content (AvgIpc) is 2.47. The van der Waals surface area contributed by atoms with Crippen molar-refractivity contribution in [2.75, 3.05) is 6.61 Å². The number of ether oxygens (including phenoxy) is 2. The van der Waals surface area contributed by atoms with Crippen molar-refractivity contribution in [2.24, 2.45) is 0 Å². The molecule has 0 radical (unpaired) electrons. The van der Waals surface area contributed by atoms with Gasteiger partial charge in [0.05, 0.1) is 0 Å². The van der Waals surface area contributed by atoms with Crippen molar-refractivity contribution >= 4 is 5.97 Å². The van der Waals surface area contributed by atoms with Crippen LogP contribution in [0.2, 0.25) is 0 Å². The molecule has 0 bridgehead atoms. The summed E-state index contributed by atoms with van der Waals surface area (Å²) in [5.41, 5.74) is 3.89. The van der Waals surface area contributed by atoms with Crippen molar-refractivity contribution in [3.63, 3.8) is 0 Å². The first kappa shape index (κ1) is 16.8. The Morgan fingerprint density at radius 2 is 1.95 bits per heavy atom. The SMILES string of the molecule is CC(=O)Oc1c(C)c(C)c2c(c1C)CCC(C)(CCCO)O2. The average molecular weight is 306 g/mol. The quantitative estimate of drug-likeness (QED) is 0.684. The van der Waals surface area contributed by atoms with E-state index in [1.807, 2.05) is 20.8 Å². The van der Waals surface area contributed by atoms with Crippen LogP contribution in [0.4, 0.5) is 0 Å². The van der Waals surface area contributed by atoms with Gasteiger partial charge >= 0.3 is 5.97 Å². The van der Waals surface area contributed by atoms with Crippen molar-refractivity contribution in [1.82, 2.24) is 0 Å². The van der Waals surface area contributed by atoms with Gasteiger partial charge in [0.25, 0.3) is 0 Å². The van der Waals surface area contributed by atoms with Crippen LogP contribution in [0.3, 0.4) is 0 Å². The summed E-state index contributed by atoms with van der Waals surface area (Å²) in [6.45, 7) is 9.69. The zero-order valence-electron chi connectivity index (χ0n) is 14.2. The first-order chi connectivity index (χ1) is 10.3. The summed E-state index contributed by atoms with van der Waals surface area (Å²) in [5, 5.41) is 9.07. The van der Waals surface area contributed by atoms with Gasteiger partial charge in [-0.1, -0.05) is 0 Å². The molecule has 1 aliphatic rings. The zero-order chi connectivity index (χ0) is 16.5. The van der Waals surface area contributed by atoms with Crippen molar-refractivity contribution in [2.45, 2.75) is 65.9 Å². The van der Waals surface area contributed by atoms with Crippen molar-refractivity contribution in [3.8, 4) is 11.5 Å². The van der Waals surface area contributed by atoms with E-state index < -0.39 is 0 Å². The minimum absolute atomic E-state index is 0.189. The number of carbonyl (C=O) groups excluding carboxylic acids is 1. The number of aliphatic hydroxyl groups excluding tert-OH is 1. The fourth-order valence-electron chi connectivity index (χ4n) is 3.21. The highest BCUT2D eigenvalue weighted by molar-refractivity contribution is 5.72. The highest BCUT2D eigenvalue weighted by Gasteiger charge is 2.34. The standard InChI is InChI=1S/C18H26O4/c1-11-12(2)17-15(13(3)16(11)21-14(4)20)7-9-18(5,22-17)8-6-10-19/h19H,6-10H2,1-5H3. The Balaban J connectivity index is 2.43.